The van der Waals surface area contributed by atoms with E-state index in [-0.39, 0.29) is 40.1 Å². The third-order valence-corrected chi connectivity index (χ3v) is 7.53. The molecule has 222 valence electrons. The summed E-state index contributed by atoms with van der Waals surface area (Å²) in [5.74, 6) is -0.826. The molecule has 3 aromatic carbocycles. The first-order valence-electron chi connectivity index (χ1n) is 12.8. The minimum atomic E-state index is -4.47. The Kier molecular flexibility index (Phi) is 8.33. The molecule has 5 rings (SSSR count). The molecule has 0 radical (unpaired) electrons. The fraction of sp³-hybridized carbons (Fsp3) is 0.207. The Morgan fingerprint density at radius 2 is 1.86 bits per heavy atom. The number of halogens is 4. The van der Waals surface area contributed by atoms with Crippen LogP contribution in [0.25, 0.3) is 17.1 Å². The van der Waals surface area contributed by atoms with E-state index in [1.165, 1.54) is 40.2 Å². The first-order chi connectivity index (χ1) is 20.4. The molecule has 14 heteroatoms. The van der Waals surface area contributed by atoms with E-state index in [9.17, 15) is 22.8 Å². The van der Waals surface area contributed by atoms with Crippen molar-refractivity contribution in [1.29, 1.82) is 0 Å². The van der Waals surface area contributed by atoms with Crippen LogP contribution in [0.15, 0.2) is 72.0 Å². The van der Waals surface area contributed by atoms with Crippen molar-refractivity contribution in [2.45, 2.75) is 26.1 Å². The van der Waals surface area contributed by atoms with Crippen LogP contribution >= 0.6 is 11.8 Å². The molecule has 43 heavy (non-hydrogen) atoms. The van der Waals surface area contributed by atoms with Crippen LogP contribution in [-0.2, 0) is 15.7 Å². The summed E-state index contributed by atoms with van der Waals surface area (Å²) < 4.78 is 60.2. The number of nitrogens with one attached hydrogen (secondary N) is 1. The lowest BCUT2D eigenvalue weighted by atomic mass is 10.0. The quantitative estimate of drug-likeness (QED) is 0.241. The van der Waals surface area contributed by atoms with Crippen molar-refractivity contribution in [3.05, 3.63) is 89.5 Å². The minimum absolute atomic E-state index is 0.0796. The van der Waals surface area contributed by atoms with Gasteiger partial charge in [-0.2, -0.15) is 18.2 Å². The number of carbonyl (C=O) groups is 2. The van der Waals surface area contributed by atoms with E-state index in [0.29, 0.717) is 11.3 Å². The van der Waals surface area contributed by atoms with Gasteiger partial charge in [-0.3, -0.25) is 9.69 Å². The molecule has 1 atom stereocenters. The Bertz CT molecular complexity index is 1720. The van der Waals surface area contributed by atoms with E-state index in [4.69, 9.17) is 4.74 Å². The molecule has 0 aliphatic carbocycles. The van der Waals surface area contributed by atoms with Crippen LogP contribution in [0.3, 0.4) is 0 Å². The molecular formula is C29H24F4N6O3S. The Balaban J connectivity index is 1.33. The number of rotatable bonds is 6. The summed E-state index contributed by atoms with van der Waals surface area (Å²) >= 11 is 1.09. The van der Waals surface area contributed by atoms with Gasteiger partial charge in [0.2, 0.25) is 5.91 Å². The number of anilines is 2. The van der Waals surface area contributed by atoms with Crippen LogP contribution in [0, 0.1) is 12.7 Å². The molecule has 1 aliphatic heterocycles. The summed E-state index contributed by atoms with van der Waals surface area (Å²) in [6.45, 7) is 3.72. The Morgan fingerprint density at radius 3 is 2.53 bits per heavy atom. The van der Waals surface area contributed by atoms with Gasteiger partial charge in [-0.05, 0) is 49.7 Å². The van der Waals surface area contributed by atoms with Gasteiger partial charge < -0.3 is 10.1 Å². The number of thioether (sulfide) groups is 1. The van der Waals surface area contributed by atoms with E-state index in [2.05, 4.69) is 20.4 Å². The van der Waals surface area contributed by atoms with Crippen LogP contribution in [0.5, 0.6) is 0 Å². The number of urea groups is 1. The van der Waals surface area contributed by atoms with Gasteiger partial charge in [-0.1, -0.05) is 36.0 Å². The zero-order valence-electron chi connectivity index (χ0n) is 23.0. The summed E-state index contributed by atoms with van der Waals surface area (Å²) in [6.07, 6.45) is -3.50. The van der Waals surface area contributed by atoms with Crippen LogP contribution in [0.2, 0.25) is 0 Å². The summed E-state index contributed by atoms with van der Waals surface area (Å²) in [5.41, 5.74) is 1.84. The summed E-state index contributed by atoms with van der Waals surface area (Å²) in [4.78, 5) is 35.1. The van der Waals surface area contributed by atoms with Gasteiger partial charge in [0.15, 0.2) is 11.0 Å². The predicted molar refractivity (Wildman–Crippen MR) is 155 cm³/mol. The number of aromatic nitrogens is 3. The number of hydrogen-bond acceptors (Lipinski definition) is 6. The second-order valence-electron chi connectivity index (χ2n) is 9.53. The maximum absolute atomic E-state index is 15.0. The third-order valence-electron chi connectivity index (χ3n) is 6.60. The van der Waals surface area contributed by atoms with E-state index in [1.807, 2.05) is 32.0 Å². The molecule has 0 bridgehead atoms. The van der Waals surface area contributed by atoms with E-state index in [1.54, 1.807) is 7.11 Å². The van der Waals surface area contributed by atoms with Crippen LogP contribution in [0.1, 0.15) is 29.7 Å². The highest BCUT2D eigenvalue weighted by Gasteiger charge is 2.33. The Labute approximate surface area is 247 Å². The molecule has 1 aromatic heterocycles. The monoisotopic (exact) mass is 612 g/mol. The van der Waals surface area contributed by atoms with E-state index >= 15 is 4.39 Å². The maximum atomic E-state index is 15.0. The fourth-order valence-corrected chi connectivity index (χ4v) is 5.16. The predicted octanol–water partition coefficient (Wildman–Crippen LogP) is 6.78. The number of alkyl halides is 3. The maximum Gasteiger partial charge on any atom is 0.416 e. The highest BCUT2D eigenvalue weighted by atomic mass is 32.2. The average molecular weight is 613 g/mol. The topological polar surface area (TPSA) is 102 Å². The molecule has 1 N–H and O–H groups in total. The summed E-state index contributed by atoms with van der Waals surface area (Å²) in [6, 6.07) is 12.9. The number of aliphatic imine (C=N–C) groups is 1. The van der Waals surface area contributed by atoms with Crippen molar-refractivity contribution < 1.29 is 31.9 Å². The van der Waals surface area contributed by atoms with Gasteiger partial charge in [-0.15, -0.1) is 5.10 Å². The van der Waals surface area contributed by atoms with Gasteiger partial charge in [0, 0.05) is 24.3 Å². The highest BCUT2D eigenvalue weighted by Crippen LogP contribution is 2.35. The van der Waals surface area contributed by atoms with Crippen molar-refractivity contribution in [2.75, 3.05) is 23.1 Å². The molecule has 0 saturated carbocycles. The zero-order valence-corrected chi connectivity index (χ0v) is 23.8. The number of aryl methyl sites for hydroxylation is 1. The minimum Gasteiger partial charge on any atom is -0.377 e. The molecule has 0 spiro atoms. The fourth-order valence-electron chi connectivity index (χ4n) is 4.31. The molecular weight excluding hydrogens is 588 g/mol. The number of benzene rings is 3. The molecule has 1 fully saturated rings. The number of hydrogen-bond donors (Lipinski definition) is 1. The van der Waals surface area contributed by atoms with Crippen molar-refractivity contribution >= 4 is 40.2 Å². The molecule has 9 nitrogen and oxygen atoms in total. The lowest BCUT2D eigenvalue weighted by Crippen LogP contribution is -2.31. The van der Waals surface area contributed by atoms with Crippen molar-refractivity contribution in [1.82, 2.24) is 14.8 Å². The largest absolute Gasteiger partial charge is 0.416 e. The van der Waals surface area contributed by atoms with Crippen LogP contribution < -0.4 is 10.2 Å². The second kappa shape index (κ2) is 12.0. The smallest absolute Gasteiger partial charge is 0.377 e. The molecule has 2 heterocycles. The Morgan fingerprint density at radius 1 is 1.12 bits per heavy atom. The number of ether oxygens (including phenoxy) is 1. The van der Waals surface area contributed by atoms with E-state index < -0.39 is 23.6 Å². The second-order valence-corrected chi connectivity index (χ2v) is 10.5. The molecule has 3 amide bonds. The Hall–Kier alpha value is -4.56. The number of amides is 3. The molecule has 4 aromatic rings. The number of nitrogens with zero attached hydrogens (tertiary/aromatic N) is 5. The van der Waals surface area contributed by atoms with Gasteiger partial charge in [0.25, 0.3) is 0 Å². The molecule has 1 saturated heterocycles. The first kappa shape index (κ1) is 29.9. The molecule has 1 aliphatic rings. The standard InChI is InChI=1S/C29H24F4N6O3S/c1-16-4-10-21(17(2)42-3)24(12-16)39-25(40)14-43-28(39)36-27(41)35-23-11-9-20(13-22(23)30)38-15-34-26(37-38)18-5-7-19(8-6-18)29(31,32)33/h4-13,15,17H,14H2,1-3H3,(H,35,41). The van der Waals surface area contributed by atoms with Crippen molar-refractivity contribution in [2.24, 2.45) is 4.99 Å². The van der Waals surface area contributed by atoms with Crippen LogP contribution in [0.4, 0.5) is 33.7 Å². The van der Waals surface area contributed by atoms with Crippen molar-refractivity contribution in [3.63, 3.8) is 0 Å². The SMILES string of the molecule is COC(C)c1ccc(C)cc1N1C(=O)CSC1=NC(=O)Nc1ccc(-n2cnc(-c3ccc(C(F)(F)F)cc3)n2)cc1F. The number of methoxy groups -OCH3 is 1. The normalized spacial score (nSPS) is 15.3. The highest BCUT2D eigenvalue weighted by molar-refractivity contribution is 8.15. The average Bonchev–Trinajstić information content (AvgIpc) is 3.60. The third kappa shape index (κ3) is 6.44. The number of carbonyl (C=O) groups excluding carboxylic acids is 2. The lowest BCUT2D eigenvalue weighted by Gasteiger charge is -2.23. The van der Waals surface area contributed by atoms with Gasteiger partial charge in [0.1, 0.15) is 12.1 Å². The summed E-state index contributed by atoms with van der Waals surface area (Å²) in [7, 11) is 1.55. The van der Waals surface area contributed by atoms with Gasteiger partial charge in [0.05, 0.1) is 34.5 Å². The van der Waals surface area contributed by atoms with Gasteiger partial charge >= 0.3 is 12.2 Å². The molecule has 1 unspecified atom stereocenters. The summed E-state index contributed by atoms with van der Waals surface area (Å²) in [5, 5.41) is 6.76. The van der Waals surface area contributed by atoms with Crippen LogP contribution in [-0.4, -0.2) is 44.7 Å². The van der Waals surface area contributed by atoms with Gasteiger partial charge in [-0.25, -0.2) is 18.9 Å². The van der Waals surface area contributed by atoms with Crippen molar-refractivity contribution in [3.8, 4) is 17.1 Å². The number of amidine groups is 1. The zero-order chi connectivity index (χ0) is 30.9. The first-order valence-corrected chi connectivity index (χ1v) is 13.8. The van der Waals surface area contributed by atoms with E-state index in [0.717, 1.165) is 41.1 Å². The lowest BCUT2D eigenvalue weighted by molar-refractivity contribution is -0.137.